The smallest absolute Gasteiger partial charge is 0.323 e. The molecular formula is C4H8BrNO2. The molecular weight excluding hydrogens is 174 g/mol. The molecule has 1 unspecified atom stereocenters. The summed E-state index contributed by atoms with van der Waals surface area (Å²) in [6.07, 6.45) is 0. The van der Waals surface area contributed by atoms with Gasteiger partial charge in [-0.05, 0) is 0 Å². The van der Waals surface area contributed by atoms with E-state index in [0.717, 1.165) is 0 Å². The quantitative estimate of drug-likeness (QED) is 0.478. The van der Waals surface area contributed by atoms with Crippen molar-refractivity contribution < 1.29 is 9.53 Å². The van der Waals surface area contributed by atoms with Crippen molar-refractivity contribution >= 4 is 21.9 Å². The van der Waals surface area contributed by atoms with E-state index < -0.39 is 6.04 Å². The van der Waals surface area contributed by atoms with Crippen molar-refractivity contribution in [2.75, 3.05) is 12.4 Å². The average molecular weight is 182 g/mol. The van der Waals surface area contributed by atoms with E-state index in [9.17, 15) is 4.79 Å². The van der Waals surface area contributed by atoms with Crippen LogP contribution in [-0.4, -0.2) is 24.5 Å². The maximum absolute atomic E-state index is 10.4. The van der Waals surface area contributed by atoms with Crippen LogP contribution in [0.1, 0.15) is 0 Å². The van der Waals surface area contributed by atoms with E-state index in [1.807, 2.05) is 0 Å². The first kappa shape index (κ1) is 7.91. The summed E-state index contributed by atoms with van der Waals surface area (Å²) in [5.74, 6) is -0.387. The Labute approximate surface area is 56.3 Å². The summed E-state index contributed by atoms with van der Waals surface area (Å²) in [6.45, 7) is 0. The van der Waals surface area contributed by atoms with E-state index in [4.69, 9.17) is 5.73 Å². The van der Waals surface area contributed by atoms with Gasteiger partial charge in [-0.1, -0.05) is 15.9 Å². The van der Waals surface area contributed by atoms with Crippen molar-refractivity contribution in [2.24, 2.45) is 5.73 Å². The standard InChI is InChI=1S/C4H8BrNO2/c1-8-4(7)3(6)2-5/h3H,2,6H2,1H3. The Bertz CT molecular complexity index is 86.1. The Morgan fingerprint density at radius 3 is 2.62 bits per heavy atom. The molecule has 0 aliphatic rings. The normalized spacial score (nSPS) is 12.9. The first-order valence-electron chi connectivity index (χ1n) is 2.11. The van der Waals surface area contributed by atoms with Crippen LogP contribution < -0.4 is 5.73 Å². The maximum Gasteiger partial charge on any atom is 0.323 e. The number of hydrogen-bond donors (Lipinski definition) is 1. The summed E-state index contributed by atoms with van der Waals surface area (Å²) >= 11 is 3.03. The van der Waals surface area contributed by atoms with Crippen LogP contribution in [-0.2, 0) is 9.53 Å². The second-order valence-corrected chi connectivity index (χ2v) is 1.93. The molecule has 1 atom stereocenters. The Kier molecular flexibility index (Phi) is 3.81. The largest absolute Gasteiger partial charge is 0.468 e. The fraction of sp³-hybridized carbons (Fsp3) is 0.750. The minimum atomic E-state index is -0.528. The van der Waals surface area contributed by atoms with Gasteiger partial charge in [0, 0.05) is 5.33 Å². The second kappa shape index (κ2) is 3.86. The number of carbonyl (C=O) groups excluding carboxylic acids is 1. The van der Waals surface area contributed by atoms with E-state index in [2.05, 4.69) is 20.7 Å². The molecule has 48 valence electrons. The van der Waals surface area contributed by atoms with Crippen molar-refractivity contribution in [1.82, 2.24) is 0 Å². The van der Waals surface area contributed by atoms with E-state index in [1.54, 1.807) is 0 Å². The molecule has 4 heteroatoms. The third kappa shape index (κ3) is 2.28. The first-order valence-corrected chi connectivity index (χ1v) is 3.24. The number of hydrogen-bond acceptors (Lipinski definition) is 3. The van der Waals surface area contributed by atoms with E-state index in [0.29, 0.717) is 5.33 Å². The molecule has 0 rings (SSSR count). The van der Waals surface area contributed by atoms with E-state index in [-0.39, 0.29) is 5.97 Å². The van der Waals surface area contributed by atoms with Crippen molar-refractivity contribution in [3.05, 3.63) is 0 Å². The second-order valence-electron chi connectivity index (χ2n) is 1.28. The molecule has 0 aliphatic heterocycles. The minimum absolute atomic E-state index is 0.387. The third-order valence-electron chi connectivity index (χ3n) is 0.670. The molecule has 3 nitrogen and oxygen atoms in total. The van der Waals surface area contributed by atoms with Crippen molar-refractivity contribution in [3.8, 4) is 0 Å². The van der Waals surface area contributed by atoms with Gasteiger partial charge in [0.1, 0.15) is 6.04 Å². The Morgan fingerprint density at radius 2 is 2.50 bits per heavy atom. The lowest BCUT2D eigenvalue weighted by atomic mass is 10.4. The lowest BCUT2D eigenvalue weighted by molar-refractivity contribution is -0.141. The predicted octanol–water partition coefficient (Wildman–Crippen LogP) is -0.118. The number of nitrogens with two attached hydrogens (primary N) is 1. The summed E-state index contributed by atoms with van der Waals surface area (Å²) in [6, 6.07) is -0.528. The van der Waals surface area contributed by atoms with Gasteiger partial charge in [0.15, 0.2) is 0 Å². The van der Waals surface area contributed by atoms with Crippen LogP contribution in [0.15, 0.2) is 0 Å². The third-order valence-corrected chi connectivity index (χ3v) is 1.37. The fourth-order valence-electron chi connectivity index (χ4n) is 0.214. The molecule has 0 radical (unpaired) electrons. The van der Waals surface area contributed by atoms with Crippen LogP contribution in [0, 0.1) is 0 Å². The highest BCUT2D eigenvalue weighted by Crippen LogP contribution is 1.88. The number of carbonyl (C=O) groups is 1. The molecule has 0 saturated carbocycles. The van der Waals surface area contributed by atoms with Gasteiger partial charge in [-0.15, -0.1) is 0 Å². The molecule has 0 aromatic heterocycles. The van der Waals surface area contributed by atoms with Crippen LogP contribution in [0.4, 0.5) is 0 Å². The topological polar surface area (TPSA) is 52.3 Å². The number of halogens is 1. The number of ether oxygens (including phenoxy) is 1. The van der Waals surface area contributed by atoms with Crippen LogP contribution >= 0.6 is 15.9 Å². The molecule has 0 saturated heterocycles. The zero-order chi connectivity index (χ0) is 6.57. The summed E-state index contributed by atoms with van der Waals surface area (Å²) in [5.41, 5.74) is 5.21. The molecule has 0 amide bonds. The average Bonchev–Trinajstić information content (AvgIpc) is 1.84. The highest BCUT2D eigenvalue weighted by molar-refractivity contribution is 9.09. The summed E-state index contributed by atoms with van der Waals surface area (Å²) in [5, 5.41) is 0.444. The highest BCUT2D eigenvalue weighted by Gasteiger charge is 2.09. The van der Waals surface area contributed by atoms with Gasteiger partial charge in [-0.2, -0.15) is 0 Å². The number of rotatable bonds is 2. The van der Waals surface area contributed by atoms with Crippen LogP contribution in [0.25, 0.3) is 0 Å². The van der Waals surface area contributed by atoms with Gasteiger partial charge in [0.25, 0.3) is 0 Å². The zero-order valence-electron chi connectivity index (χ0n) is 4.56. The van der Waals surface area contributed by atoms with Crippen molar-refractivity contribution in [3.63, 3.8) is 0 Å². The molecule has 0 bridgehead atoms. The van der Waals surface area contributed by atoms with Crippen LogP contribution in [0.2, 0.25) is 0 Å². The number of methoxy groups -OCH3 is 1. The first-order chi connectivity index (χ1) is 3.72. The molecule has 0 aromatic carbocycles. The molecule has 0 fully saturated rings. The highest BCUT2D eigenvalue weighted by atomic mass is 79.9. The Morgan fingerprint density at radius 1 is 2.00 bits per heavy atom. The summed E-state index contributed by atoms with van der Waals surface area (Å²) in [7, 11) is 1.31. The van der Waals surface area contributed by atoms with Gasteiger partial charge in [-0.3, -0.25) is 4.79 Å². The van der Waals surface area contributed by atoms with Crippen LogP contribution in [0.5, 0.6) is 0 Å². The Hall–Kier alpha value is -0.0900. The molecule has 0 aromatic rings. The summed E-state index contributed by atoms with van der Waals surface area (Å²) < 4.78 is 4.31. The lowest BCUT2D eigenvalue weighted by Gasteiger charge is -2.02. The SMILES string of the molecule is COC(=O)C(N)CBr. The molecule has 0 aliphatic carbocycles. The minimum Gasteiger partial charge on any atom is -0.468 e. The number of esters is 1. The van der Waals surface area contributed by atoms with Gasteiger partial charge < -0.3 is 10.5 Å². The van der Waals surface area contributed by atoms with Gasteiger partial charge in [0.05, 0.1) is 7.11 Å². The Balaban J connectivity index is 3.46. The van der Waals surface area contributed by atoms with E-state index in [1.165, 1.54) is 7.11 Å². The maximum atomic E-state index is 10.4. The van der Waals surface area contributed by atoms with Crippen molar-refractivity contribution in [2.45, 2.75) is 6.04 Å². The van der Waals surface area contributed by atoms with Crippen LogP contribution in [0.3, 0.4) is 0 Å². The van der Waals surface area contributed by atoms with Gasteiger partial charge in [0.2, 0.25) is 0 Å². The number of alkyl halides is 1. The summed E-state index contributed by atoms with van der Waals surface area (Å²) in [4.78, 5) is 10.4. The van der Waals surface area contributed by atoms with Gasteiger partial charge in [-0.25, -0.2) is 0 Å². The van der Waals surface area contributed by atoms with Crippen molar-refractivity contribution in [1.29, 1.82) is 0 Å². The van der Waals surface area contributed by atoms with E-state index >= 15 is 0 Å². The molecule has 8 heavy (non-hydrogen) atoms. The molecule has 0 heterocycles. The van der Waals surface area contributed by atoms with Gasteiger partial charge >= 0.3 is 5.97 Å². The predicted molar refractivity (Wildman–Crippen MR) is 33.8 cm³/mol. The monoisotopic (exact) mass is 181 g/mol. The fourth-order valence-corrected chi connectivity index (χ4v) is 0.479. The molecule has 2 N–H and O–H groups in total. The lowest BCUT2D eigenvalue weighted by Crippen LogP contribution is -2.32. The zero-order valence-corrected chi connectivity index (χ0v) is 6.14. The molecule has 0 spiro atoms.